The van der Waals surface area contributed by atoms with Crippen LogP contribution in [0.5, 0.6) is 0 Å². The van der Waals surface area contributed by atoms with Crippen LogP contribution in [0, 0.1) is 11.2 Å². The average molecular weight is 384 g/mol. The molecule has 0 spiro atoms. The Balaban J connectivity index is 2.02. The number of aliphatic imine (C=N–C) groups is 1. The minimum atomic E-state index is -2.99. The molecule has 1 aromatic carbocycles. The molecule has 0 saturated heterocycles. The number of hydrogen-bond donors (Lipinski definition) is 2. The van der Waals surface area contributed by atoms with Gasteiger partial charge in [-0.25, -0.2) is 12.8 Å². The highest BCUT2D eigenvalue weighted by atomic mass is 32.2. The maximum atomic E-state index is 13.5. The van der Waals surface area contributed by atoms with E-state index >= 15 is 0 Å². The van der Waals surface area contributed by atoms with Crippen molar-refractivity contribution in [1.29, 1.82) is 0 Å². The van der Waals surface area contributed by atoms with Crippen molar-refractivity contribution >= 4 is 15.8 Å². The lowest BCUT2D eigenvalue weighted by molar-refractivity contribution is 0.518. The molecule has 1 aliphatic rings. The number of nitrogens with zero attached hydrogens (tertiary/aromatic N) is 1. The van der Waals surface area contributed by atoms with Gasteiger partial charge in [0.25, 0.3) is 0 Å². The first-order chi connectivity index (χ1) is 12.1. The van der Waals surface area contributed by atoms with Crippen LogP contribution in [-0.2, 0) is 15.3 Å². The molecule has 0 aromatic heterocycles. The van der Waals surface area contributed by atoms with E-state index in [1.165, 1.54) is 12.3 Å². The highest BCUT2D eigenvalue weighted by molar-refractivity contribution is 7.90. The molecule has 0 aliphatic heterocycles. The highest BCUT2D eigenvalue weighted by Crippen LogP contribution is 2.46. The lowest BCUT2D eigenvalue weighted by atomic mass is 9.85. The van der Waals surface area contributed by atoms with Crippen molar-refractivity contribution in [3.05, 3.63) is 35.6 Å². The molecule has 1 aliphatic carbocycles. The van der Waals surface area contributed by atoms with Crippen LogP contribution in [-0.4, -0.2) is 46.0 Å². The molecule has 2 rings (SSSR count). The van der Waals surface area contributed by atoms with Gasteiger partial charge in [0.05, 0.1) is 12.3 Å². The van der Waals surface area contributed by atoms with E-state index in [2.05, 4.69) is 15.6 Å². The van der Waals surface area contributed by atoms with Crippen LogP contribution in [0.2, 0.25) is 0 Å². The SMILES string of the molecule is CCNC(=NCC(C)(C)c1cccc(F)c1)NCC1(CS(C)(=O)=O)CC1. The minimum Gasteiger partial charge on any atom is -0.357 e. The van der Waals surface area contributed by atoms with Gasteiger partial charge in [0.2, 0.25) is 0 Å². The number of guanidine groups is 1. The number of nitrogens with one attached hydrogen (secondary N) is 2. The number of hydrogen-bond acceptors (Lipinski definition) is 3. The third kappa shape index (κ3) is 6.27. The molecule has 0 radical (unpaired) electrons. The Labute approximate surface area is 156 Å². The van der Waals surface area contributed by atoms with Crippen LogP contribution < -0.4 is 10.6 Å². The Morgan fingerprint density at radius 3 is 2.54 bits per heavy atom. The zero-order valence-corrected chi connectivity index (χ0v) is 16.9. The standard InChI is InChI=1S/C19H30FN3O2S/c1-5-21-17(23-13-19(9-10-19)14-26(4,24)25)22-12-18(2,3)15-7-6-8-16(20)11-15/h6-8,11H,5,9-10,12-14H2,1-4H3,(H2,21,22,23). The van der Waals surface area contributed by atoms with Crippen LogP contribution in [0.1, 0.15) is 39.2 Å². The molecule has 1 fully saturated rings. The fourth-order valence-electron chi connectivity index (χ4n) is 3.00. The van der Waals surface area contributed by atoms with Gasteiger partial charge in [-0.05, 0) is 37.5 Å². The fourth-order valence-corrected chi connectivity index (χ4v) is 4.50. The van der Waals surface area contributed by atoms with Gasteiger partial charge in [-0.15, -0.1) is 0 Å². The molecule has 146 valence electrons. The molecular weight excluding hydrogens is 353 g/mol. The fraction of sp³-hybridized carbons (Fsp3) is 0.632. The van der Waals surface area contributed by atoms with Crippen LogP contribution in [0.25, 0.3) is 0 Å². The Kier molecular flexibility index (Phi) is 6.32. The number of rotatable bonds is 8. The first-order valence-electron chi connectivity index (χ1n) is 9.01. The molecule has 0 unspecified atom stereocenters. The first-order valence-corrected chi connectivity index (χ1v) is 11.1. The maximum Gasteiger partial charge on any atom is 0.191 e. The van der Waals surface area contributed by atoms with Gasteiger partial charge in [-0.3, -0.25) is 4.99 Å². The molecule has 0 amide bonds. The smallest absolute Gasteiger partial charge is 0.191 e. The molecule has 1 saturated carbocycles. The van der Waals surface area contributed by atoms with Crippen molar-refractivity contribution < 1.29 is 12.8 Å². The van der Waals surface area contributed by atoms with Gasteiger partial charge in [-0.1, -0.05) is 26.0 Å². The monoisotopic (exact) mass is 383 g/mol. The zero-order valence-electron chi connectivity index (χ0n) is 16.1. The summed E-state index contributed by atoms with van der Waals surface area (Å²) in [4.78, 5) is 4.64. The molecule has 0 bridgehead atoms. The van der Waals surface area contributed by atoms with Gasteiger partial charge in [0.15, 0.2) is 5.96 Å². The molecular formula is C19H30FN3O2S. The quantitative estimate of drug-likeness (QED) is 0.534. The molecule has 0 heterocycles. The predicted octanol–water partition coefficient (Wildman–Crippen LogP) is 2.48. The van der Waals surface area contributed by atoms with Crippen LogP contribution in [0.4, 0.5) is 4.39 Å². The topological polar surface area (TPSA) is 70.6 Å². The third-order valence-corrected chi connectivity index (χ3v) is 5.88. The Morgan fingerprint density at radius 1 is 1.31 bits per heavy atom. The van der Waals surface area contributed by atoms with Crippen molar-refractivity contribution in [2.75, 3.05) is 31.6 Å². The molecule has 2 N–H and O–H groups in total. The second-order valence-corrected chi connectivity index (χ2v) is 10.2. The van der Waals surface area contributed by atoms with Gasteiger partial charge >= 0.3 is 0 Å². The Bertz CT molecular complexity index is 756. The van der Waals surface area contributed by atoms with E-state index in [1.807, 2.05) is 26.8 Å². The van der Waals surface area contributed by atoms with Gasteiger partial charge < -0.3 is 10.6 Å². The van der Waals surface area contributed by atoms with E-state index in [0.717, 1.165) is 18.4 Å². The number of benzene rings is 1. The summed E-state index contributed by atoms with van der Waals surface area (Å²) in [5, 5.41) is 6.48. The Hall–Kier alpha value is -1.63. The summed E-state index contributed by atoms with van der Waals surface area (Å²) in [5.41, 5.74) is 0.420. The maximum absolute atomic E-state index is 13.5. The van der Waals surface area contributed by atoms with E-state index in [4.69, 9.17) is 0 Å². The summed E-state index contributed by atoms with van der Waals surface area (Å²) in [6, 6.07) is 6.60. The summed E-state index contributed by atoms with van der Waals surface area (Å²) in [6.07, 6.45) is 3.12. The summed E-state index contributed by atoms with van der Waals surface area (Å²) < 4.78 is 36.7. The van der Waals surface area contributed by atoms with E-state index < -0.39 is 9.84 Å². The summed E-state index contributed by atoms with van der Waals surface area (Å²) in [6.45, 7) is 7.84. The molecule has 7 heteroatoms. The van der Waals surface area contributed by atoms with E-state index in [9.17, 15) is 12.8 Å². The highest BCUT2D eigenvalue weighted by Gasteiger charge is 2.45. The van der Waals surface area contributed by atoms with Crippen molar-refractivity contribution in [2.24, 2.45) is 10.4 Å². The van der Waals surface area contributed by atoms with Gasteiger partial charge in [-0.2, -0.15) is 0 Å². The first kappa shape index (κ1) is 20.7. The predicted molar refractivity (Wildman–Crippen MR) is 105 cm³/mol. The van der Waals surface area contributed by atoms with Crippen molar-refractivity contribution in [3.8, 4) is 0 Å². The summed E-state index contributed by atoms with van der Waals surface area (Å²) >= 11 is 0. The lowest BCUT2D eigenvalue weighted by Crippen LogP contribution is -2.42. The van der Waals surface area contributed by atoms with Crippen molar-refractivity contribution in [1.82, 2.24) is 10.6 Å². The summed E-state index contributed by atoms with van der Waals surface area (Å²) in [5.74, 6) is 0.624. The zero-order chi connectivity index (χ0) is 19.4. The summed E-state index contributed by atoms with van der Waals surface area (Å²) in [7, 11) is -2.99. The normalized spacial score (nSPS) is 17.0. The Morgan fingerprint density at radius 2 is 2.00 bits per heavy atom. The second-order valence-electron chi connectivity index (χ2n) is 8.01. The van der Waals surface area contributed by atoms with Crippen LogP contribution in [0.15, 0.2) is 29.3 Å². The van der Waals surface area contributed by atoms with Crippen LogP contribution in [0.3, 0.4) is 0 Å². The van der Waals surface area contributed by atoms with E-state index in [1.54, 1.807) is 12.1 Å². The van der Waals surface area contributed by atoms with E-state index in [0.29, 0.717) is 25.6 Å². The van der Waals surface area contributed by atoms with E-state index in [-0.39, 0.29) is 22.4 Å². The average Bonchev–Trinajstić information content (AvgIpc) is 3.28. The lowest BCUT2D eigenvalue weighted by Gasteiger charge is -2.24. The van der Waals surface area contributed by atoms with Crippen molar-refractivity contribution in [2.45, 2.75) is 39.0 Å². The molecule has 26 heavy (non-hydrogen) atoms. The largest absolute Gasteiger partial charge is 0.357 e. The number of halogens is 1. The van der Waals surface area contributed by atoms with Crippen molar-refractivity contribution in [3.63, 3.8) is 0 Å². The van der Waals surface area contributed by atoms with Gasteiger partial charge in [0.1, 0.15) is 15.7 Å². The minimum absolute atomic E-state index is 0.165. The third-order valence-electron chi connectivity index (χ3n) is 4.74. The number of sulfone groups is 1. The van der Waals surface area contributed by atoms with Gasteiger partial charge in [0, 0.05) is 30.2 Å². The molecule has 1 aromatic rings. The molecule has 0 atom stereocenters. The second kappa shape index (κ2) is 7.94. The van der Waals surface area contributed by atoms with Crippen LogP contribution >= 0.6 is 0 Å². The molecule has 5 nitrogen and oxygen atoms in total.